The molecule has 90 valence electrons. The predicted molar refractivity (Wildman–Crippen MR) is 70.0 cm³/mol. The summed E-state index contributed by atoms with van der Waals surface area (Å²) in [6.45, 7) is 2.11. The zero-order chi connectivity index (χ0) is 13.0. The van der Waals surface area contributed by atoms with Crippen LogP contribution in [-0.2, 0) is 0 Å². The van der Waals surface area contributed by atoms with Crippen LogP contribution in [0.3, 0.4) is 0 Å². The molecule has 0 amide bonds. The molecule has 0 aliphatic rings. The lowest BCUT2D eigenvalue weighted by Gasteiger charge is -2.25. The number of nitriles is 1. The molecule has 0 spiro atoms. The van der Waals surface area contributed by atoms with Gasteiger partial charge < -0.3 is 4.90 Å². The van der Waals surface area contributed by atoms with E-state index in [0.29, 0.717) is 5.69 Å². The molecule has 1 atom stereocenters. The lowest BCUT2D eigenvalue weighted by Crippen LogP contribution is -2.22. The van der Waals surface area contributed by atoms with Gasteiger partial charge in [0.05, 0.1) is 6.04 Å². The largest absolute Gasteiger partial charge is 0.351 e. The Morgan fingerprint density at radius 3 is 2.39 bits per heavy atom. The molecular weight excluding hydrogens is 224 g/mol. The van der Waals surface area contributed by atoms with E-state index in [1.165, 1.54) is 5.56 Å². The highest BCUT2D eigenvalue weighted by atomic mass is 15.3. The van der Waals surface area contributed by atoms with Crippen LogP contribution in [0.2, 0.25) is 0 Å². The fourth-order valence-corrected chi connectivity index (χ4v) is 1.73. The molecule has 18 heavy (non-hydrogen) atoms. The molecule has 1 unspecified atom stereocenters. The summed E-state index contributed by atoms with van der Waals surface area (Å²) in [5.74, 6) is 0.755. The van der Waals surface area contributed by atoms with Crippen LogP contribution < -0.4 is 4.90 Å². The van der Waals surface area contributed by atoms with E-state index < -0.39 is 0 Å². The Kier molecular flexibility index (Phi) is 3.54. The van der Waals surface area contributed by atoms with Crippen molar-refractivity contribution in [1.82, 2.24) is 10.2 Å². The molecule has 0 radical (unpaired) electrons. The van der Waals surface area contributed by atoms with Gasteiger partial charge in [-0.05, 0) is 24.6 Å². The zero-order valence-electron chi connectivity index (χ0n) is 10.4. The van der Waals surface area contributed by atoms with Gasteiger partial charge in [-0.1, -0.05) is 30.3 Å². The van der Waals surface area contributed by atoms with Crippen LogP contribution in [0.25, 0.3) is 0 Å². The van der Waals surface area contributed by atoms with E-state index in [4.69, 9.17) is 5.26 Å². The highest BCUT2D eigenvalue weighted by molar-refractivity contribution is 5.41. The standard InChI is InChI=1S/C14H14N4/c1-11(12-6-4-3-5-7-12)18(2)14-9-8-13(10-15)16-17-14/h3-9,11H,1-2H3. The third kappa shape index (κ3) is 2.46. The average molecular weight is 238 g/mol. The maximum Gasteiger partial charge on any atom is 0.163 e. The van der Waals surface area contributed by atoms with Gasteiger partial charge in [0.25, 0.3) is 0 Å². The Balaban J connectivity index is 2.20. The van der Waals surface area contributed by atoms with Crippen LogP contribution in [0.5, 0.6) is 0 Å². The minimum atomic E-state index is 0.202. The summed E-state index contributed by atoms with van der Waals surface area (Å²) >= 11 is 0. The fraction of sp³-hybridized carbons (Fsp3) is 0.214. The Hall–Kier alpha value is -2.41. The summed E-state index contributed by atoms with van der Waals surface area (Å²) in [6.07, 6.45) is 0. The van der Waals surface area contributed by atoms with Crippen molar-refractivity contribution in [1.29, 1.82) is 5.26 Å². The molecule has 0 aliphatic carbocycles. The van der Waals surface area contributed by atoms with E-state index in [1.54, 1.807) is 6.07 Å². The second-order valence-corrected chi connectivity index (χ2v) is 4.09. The molecule has 0 bridgehead atoms. The first-order valence-electron chi connectivity index (χ1n) is 5.74. The summed E-state index contributed by atoms with van der Waals surface area (Å²) < 4.78 is 0. The van der Waals surface area contributed by atoms with Crippen molar-refractivity contribution in [3.63, 3.8) is 0 Å². The van der Waals surface area contributed by atoms with Crippen molar-refractivity contribution >= 4 is 5.82 Å². The van der Waals surface area contributed by atoms with Gasteiger partial charge in [0.1, 0.15) is 6.07 Å². The summed E-state index contributed by atoms with van der Waals surface area (Å²) in [6, 6.07) is 15.8. The molecular formula is C14H14N4. The van der Waals surface area contributed by atoms with Crippen LogP contribution in [0, 0.1) is 11.3 Å². The molecule has 1 aromatic carbocycles. The van der Waals surface area contributed by atoms with Crippen molar-refractivity contribution in [2.45, 2.75) is 13.0 Å². The number of hydrogen-bond acceptors (Lipinski definition) is 4. The number of rotatable bonds is 3. The van der Waals surface area contributed by atoms with Gasteiger partial charge >= 0.3 is 0 Å². The van der Waals surface area contributed by atoms with E-state index >= 15 is 0 Å². The normalized spacial score (nSPS) is 11.6. The van der Waals surface area contributed by atoms with Crippen molar-refractivity contribution in [3.05, 3.63) is 53.7 Å². The maximum atomic E-state index is 8.69. The predicted octanol–water partition coefficient (Wildman–Crippen LogP) is 2.55. The Bertz CT molecular complexity index is 542. The summed E-state index contributed by atoms with van der Waals surface area (Å²) in [7, 11) is 1.97. The van der Waals surface area contributed by atoms with Gasteiger partial charge in [-0.25, -0.2) is 0 Å². The lowest BCUT2D eigenvalue weighted by molar-refractivity contribution is 0.719. The van der Waals surface area contributed by atoms with E-state index in [2.05, 4.69) is 29.3 Å². The Morgan fingerprint density at radius 1 is 1.11 bits per heavy atom. The number of hydrogen-bond donors (Lipinski definition) is 0. The number of anilines is 1. The fourth-order valence-electron chi connectivity index (χ4n) is 1.73. The van der Waals surface area contributed by atoms with E-state index in [1.807, 2.05) is 42.3 Å². The Morgan fingerprint density at radius 2 is 1.83 bits per heavy atom. The molecule has 1 heterocycles. The van der Waals surface area contributed by atoms with Gasteiger partial charge in [-0.2, -0.15) is 5.26 Å². The quantitative estimate of drug-likeness (QED) is 0.824. The molecule has 4 heteroatoms. The topological polar surface area (TPSA) is 52.8 Å². The molecule has 0 aliphatic heterocycles. The SMILES string of the molecule is CC(c1ccccc1)N(C)c1ccc(C#N)nn1. The molecule has 0 saturated heterocycles. The van der Waals surface area contributed by atoms with Crippen LogP contribution in [0.1, 0.15) is 24.2 Å². The lowest BCUT2D eigenvalue weighted by atomic mass is 10.1. The van der Waals surface area contributed by atoms with Crippen LogP contribution >= 0.6 is 0 Å². The van der Waals surface area contributed by atoms with Gasteiger partial charge in [0, 0.05) is 7.05 Å². The van der Waals surface area contributed by atoms with Gasteiger partial charge in [-0.15, -0.1) is 10.2 Å². The van der Waals surface area contributed by atoms with Crippen molar-refractivity contribution < 1.29 is 0 Å². The molecule has 4 nitrogen and oxygen atoms in total. The molecule has 2 rings (SSSR count). The van der Waals surface area contributed by atoms with Crippen molar-refractivity contribution in [3.8, 4) is 6.07 Å². The molecule has 0 N–H and O–H groups in total. The minimum absolute atomic E-state index is 0.202. The van der Waals surface area contributed by atoms with Crippen LogP contribution in [0.4, 0.5) is 5.82 Å². The number of benzene rings is 1. The van der Waals surface area contributed by atoms with Crippen LogP contribution in [-0.4, -0.2) is 17.2 Å². The van der Waals surface area contributed by atoms with Gasteiger partial charge in [0.2, 0.25) is 0 Å². The van der Waals surface area contributed by atoms with Gasteiger partial charge in [0.15, 0.2) is 11.5 Å². The molecule has 1 aromatic heterocycles. The first-order chi connectivity index (χ1) is 8.72. The third-order valence-corrected chi connectivity index (χ3v) is 2.99. The van der Waals surface area contributed by atoms with E-state index in [-0.39, 0.29) is 6.04 Å². The second-order valence-electron chi connectivity index (χ2n) is 4.09. The third-order valence-electron chi connectivity index (χ3n) is 2.99. The first-order valence-corrected chi connectivity index (χ1v) is 5.74. The van der Waals surface area contributed by atoms with Crippen molar-refractivity contribution in [2.75, 3.05) is 11.9 Å². The van der Waals surface area contributed by atoms with E-state index in [9.17, 15) is 0 Å². The summed E-state index contributed by atoms with van der Waals surface area (Å²) in [5.41, 5.74) is 1.55. The summed E-state index contributed by atoms with van der Waals surface area (Å²) in [5, 5.41) is 16.6. The maximum absolute atomic E-state index is 8.69. The minimum Gasteiger partial charge on any atom is -0.351 e. The second kappa shape index (κ2) is 5.28. The monoisotopic (exact) mass is 238 g/mol. The van der Waals surface area contributed by atoms with Gasteiger partial charge in [-0.3, -0.25) is 0 Å². The average Bonchev–Trinajstić information content (AvgIpc) is 2.47. The highest BCUT2D eigenvalue weighted by Gasteiger charge is 2.13. The van der Waals surface area contributed by atoms with E-state index in [0.717, 1.165) is 5.82 Å². The zero-order valence-corrected chi connectivity index (χ0v) is 10.4. The smallest absolute Gasteiger partial charge is 0.163 e. The molecule has 0 saturated carbocycles. The number of aromatic nitrogens is 2. The molecule has 2 aromatic rings. The highest BCUT2D eigenvalue weighted by Crippen LogP contribution is 2.22. The number of nitrogens with zero attached hydrogens (tertiary/aromatic N) is 4. The van der Waals surface area contributed by atoms with Crippen LogP contribution in [0.15, 0.2) is 42.5 Å². The Labute approximate surface area is 107 Å². The molecule has 0 fully saturated rings. The van der Waals surface area contributed by atoms with Crippen molar-refractivity contribution in [2.24, 2.45) is 0 Å². The first kappa shape index (κ1) is 12.1. The summed E-state index contributed by atoms with van der Waals surface area (Å²) in [4.78, 5) is 2.03.